The van der Waals surface area contributed by atoms with Crippen molar-refractivity contribution in [1.82, 2.24) is 5.32 Å². The van der Waals surface area contributed by atoms with E-state index in [0.717, 1.165) is 77.0 Å². The van der Waals surface area contributed by atoms with Gasteiger partial charge in [-0.2, -0.15) is 0 Å². The Morgan fingerprint density at radius 3 is 1.25 bits per heavy atom. The molecule has 0 radical (unpaired) electrons. The summed E-state index contributed by atoms with van der Waals surface area (Å²) in [6, 6.07) is -0.706. The number of nitrogens with one attached hydrogen (secondary N) is 1. The summed E-state index contributed by atoms with van der Waals surface area (Å²) in [6.45, 7) is 6.46. The van der Waals surface area contributed by atoms with Crippen LogP contribution in [0.4, 0.5) is 0 Å². The minimum Gasteiger partial charge on any atom is -0.462 e. The molecule has 0 aromatic rings. The third-order valence-corrected chi connectivity index (χ3v) is 12.7. The zero-order chi connectivity index (χ0) is 45.9. The largest absolute Gasteiger partial charge is 0.462 e. The summed E-state index contributed by atoms with van der Waals surface area (Å²) >= 11 is 0. The number of unbranched alkanes of at least 4 members (excludes halogenated alkanes) is 33. The number of aliphatic hydroxyl groups is 2. The number of rotatable bonds is 50. The van der Waals surface area contributed by atoms with E-state index in [0.29, 0.717) is 19.3 Å². The molecule has 0 saturated carbocycles. The van der Waals surface area contributed by atoms with Crippen molar-refractivity contribution in [2.75, 3.05) is 6.61 Å². The monoisotopic (exact) mass is 886 g/mol. The van der Waals surface area contributed by atoms with Crippen LogP contribution in [0.1, 0.15) is 290 Å². The molecule has 3 atom stereocenters. The number of ether oxygens (including phenoxy) is 1. The molecule has 0 aliphatic carbocycles. The molecule has 0 fully saturated rings. The fraction of sp³-hybridized carbons (Fsp3) is 0.860. The van der Waals surface area contributed by atoms with E-state index in [1.165, 1.54) is 167 Å². The van der Waals surface area contributed by atoms with E-state index in [4.69, 9.17) is 4.74 Å². The van der Waals surface area contributed by atoms with Crippen molar-refractivity contribution in [1.29, 1.82) is 0 Å². The quantitative estimate of drug-likeness (QED) is 0.0245. The van der Waals surface area contributed by atoms with E-state index in [2.05, 4.69) is 62.5 Å². The standard InChI is InChI=1S/C57H107NO5/c1-4-7-10-13-16-19-22-25-26-27-28-29-30-32-35-38-41-44-47-50-57(62)63-53(48-45-42-39-36-33-31-23-20-17-14-11-8-5-2)51-56(61)58-54(52-59)55(60)49-46-43-40-37-34-24-21-18-15-12-9-6-3/h17,20,23,25-26,31,53-55,59-60H,4-16,18-19,21-22,24,27-30,32-52H2,1-3H3,(H,58,61)/b20-17+,26-25+,31-23+. The van der Waals surface area contributed by atoms with Crippen molar-refractivity contribution in [2.24, 2.45) is 0 Å². The van der Waals surface area contributed by atoms with Crippen LogP contribution < -0.4 is 5.32 Å². The second-order valence-electron chi connectivity index (χ2n) is 19.0. The number of allylic oxidation sites excluding steroid dienone is 6. The Hall–Kier alpha value is -1.92. The first kappa shape index (κ1) is 61.1. The second kappa shape index (κ2) is 51.1. The number of carbonyl (C=O) groups excluding carboxylic acids is 2. The van der Waals surface area contributed by atoms with Crippen LogP contribution in [0.5, 0.6) is 0 Å². The Balaban J connectivity index is 4.52. The van der Waals surface area contributed by atoms with Gasteiger partial charge in [0.15, 0.2) is 0 Å². The van der Waals surface area contributed by atoms with Gasteiger partial charge in [0.05, 0.1) is 25.2 Å². The molecule has 1 amide bonds. The van der Waals surface area contributed by atoms with Crippen molar-refractivity contribution in [3.63, 3.8) is 0 Å². The molecule has 0 aliphatic heterocycles. The predicted molar refractivity (Wildman–Crippen MR) is 273 cm³/mol. The molecular weight excluding hydrogens is 779 g/mol. The molecule has 6 nitrogen and oxygen atoms in total. The summed E-state index contributed by atoms with van der Waals surface area (Å²) in [5, 5.41) is 23.8. The lowest BCUT2D eigenvalue weighted by molar-refractivity contribution is -0.151. The van der Waals surface area contributed by atoms with Gasteiger partial charge in [0.25, 0.3) is 0 Å². The van der Waals surface area contributed by atoms with E-state index in [9.17, 15) is 19.8 Å². The number of hydrogen-bond donors (Lipinski definition) is 3. The molecule has 0 aromatic carbocycles. The van der Waals surface area contributed by atoms with Crippen molar-refractivity contribution in [3.05, 3.63) is 36.5 Å². The Kier molecular flexibility index (Phi) is 49.5. The van der Waals surface area contributed by atoms with Gasteiger partial charge >= 0.3 is 5.97 Å². The predicted octanol–water partition coefficient (Wildman–Crippen LogP) is 16.8. The van der Waals surface area contributed by atoms with Crippen LogP contribution in [0.2, 0.25) is 0 Å². The molecule has 0 spiro atoms. The van der Waals surface area contributed by atoms with E-state index >= 15 is 0 Å². The van der Waals surface area contributed by atoms with E-state index < -0.39 is 18.2 Å². The normalized spacial score (nSPS) is 13.4. The van der Waals surface area contributed by atoms with Crippen LogP contribution in [0.25, 0.3) is 0 Å². The van der Waals surface area contributed by atoms with Gasteiger partial charge in [-0.25, -0.2) is 0 Å². The maximum atomic E-state index is 13.2. The first-order valence-corrected chi connectivity index (χ1v) is 27.7. The van der Waals surface area contributed by atoms with Gasteiger partial charge in [-0.15, -0.1) is 0 Å². The first-order chi connectivity index (χ1) is 31.0. The molecule has 370 valence electrons. The minimum atomic E-state index is -0.791. The average Bonchev–Trinajstić information content (AvgIpc) is 3.28. The van der Waals surface area contributed by atoms with Gasteiger partial charge < -0.3 is 20.3 Å². The summed E-state index contributed by atoms with van der Waals surface area (Å²) in [6.07, 6.45) is 60.6. The molecule has 3 unspecified atom stereocenters. The van der Waals surface area contributed by atoms with Crippen LogP contribution >= 0.6 is 0 Å². The van der Waals surface area contributed by atoms with Gasteiger partial charge in [0.1, 0.15) is 6.10 Å². The first-order valence-electron chi connectivity index (χ1n) is 27.7. The van der Waals surface area contributed by atoms with Crippen LogP contribution in [-0.2, 0) is 14.3 Å². The minimum absolute atomic E-state index is 0.0658. The molecule has 0 rings (SSSR count). The highest BCUT2D eigenvalue weighted by molar-refractivity contribution is 5.77. The van der Waals surface area contributed by atoms with Crippen LogP contribution in [-0.4, -0.2) is 46.9 Å². The van der Waals surface area contributed by atoms with Crippen LogP contribution in [0.3, 0.4) is 0 Å². The Bertz CT molecular complexity index is 1040. The van der Waals surface area contributed by atoms with E-state index in [1.807, 2.05) is 0 Å². The Morgan fingerprint density at radius 2 is 0.810 bits per heavy atom. The number of hydrogen-bond acceptors (Lipinski definition) is 5. The van der Waals surface area contributed by atoms with E-state index in [-0.39, 0.29) is 24.9 Å². The van der Waals surface area contributed by atoms with Crippen LogP contribution in [0, 0.1) is 0 Å². The molecule has 3 N–H and O–H groups in total. The molecular formula is C57H107NO5. The highest BCUT2D eigenvalue weighted by Crippen LogP contribution is 2.18. The lowest BCUT2D eigenvalue weighted by Crippen LogP contribution is -2.46. The van der Waals surface area contributed by atoms with E-state index in [1.54, 1.807) is 0 Å². The highest BCUT2D eigenvalue weighted by Gasteiger charge is 2.24. The average molecular weight is 886 g/mol. The number of aliphatic hydroxyl groups excluding tert-OH is 2. The smallest absolute Gasteiger partial charge is 0.306 e. The number of esters is 1. The van der Waals surface area contributed by atoms with Crippen molar-refractivity contribution < 1.29 is 24.5 Å². The molecule has 0 heterocycles. The lowest BCUT2D eigenvalue weighted by atomic mass is 10.0. The third-order valence-electron chi connectivity index (χ3n) is 12.7. The molecule has 0 saturated heterocycles. The Morgan fingerprint density at radius 1 is 0.460 bits per heavy atom. The fourth-order valence-corrected chi connectivity index (χ4v) is 8.48. The molecule has 0 aromatic heterocycles. The molecule has 0 aliphatic rings. The maximum Gasteiger partial charge on any atom is 0.306 e. The lowest BCUT2D eigenvalue weighted by Gasteiger charge is -2.24. The fourth-order valence-electron chi connectivity index (χ4n) is 8.48. The number of amides is 1. The third kappa shape index (κ3) is 46.4. The van der Waals surface area contributed by atoms with Crippen molar-refractivity contribution >= 4 is 11.9 Å². The van der Waals surface area contributed by atoms with Crippen molar-refractivity contribution in [2.45, 2.75) is 309 Å². The Labute approximate surface area is 392 Å². The van der Waals surface area contributed by atoms with Gasteiger partial charge in [-0.05, 0) is 77.0 Å². The molecule has 6 heteroatoms. The summed E-state index contributed by atoms with van der Waals surface area (Å²) in [5.74, 6) is -0.485. The van der Waals surface area contributed by atoms with Gasteiger partial charge in [-0.1, -0.05) is 237 Å². The zero-order valence-corrected chi connectivity index (χ0v) is 42.2. The van der Waals surface area contributed by atoms with Gasteiger partial charge in [0, 0.05) is 6.42 Å². The van der Waals surface area contributed by atoms with Crippen molar-refractivity contribution in [3.8, 4) is 0 Å². The summed E-state index contributed by atoms with van der Waals surface area (Å²) in [7, 11) is 0. The van der Waals surface area contributed by atoms with Crippen LogP contribution in [0.15, 0.2) is 36.5 Å². The van der Waals surface area contributed by atoms with Gasteiger partial charge in [0.2, 0.25) is 5.91 Å². The topological polar surface area (TPSA) is 95.9 Å². The summed E-state index contributed by atoms with van der Waals surface area (Å²) in [5.41, 5.74) is 0. The SMILES string of the molecule is CCCCC/C=C/C=C/CCCCCCC(CC(=O)NC(CO)C(O)CCCCCCCCCCCCCC)OC(=O)CCCCCCCCCCC/C=C/CCCCCCCC. The summed E-state index contributed by atoms with van der Waals surface area (Å²) in [4.78, 5) is 26.2. The molecule has 63 heavy (non-hydrogen) atoms. The summed E-state index contributed by atoms with van der Waals surface area (Å²) < 4.78 is 5.94. The zero-order valence-electron chi connectivity index (χ0n) is 42.2. The molecule has 0 bridgehead atoms. The number of carbonyl (C=O) groups is 2. The highest BCUT2D eigenvalue weighted by atomic mass is 16.5. The van der Waals surface area contributed by atoms with Gasteiger partial charge in [-0.3, -0.25) is 9.59 Å². The second-order valence-corrected chi connectivity index (χ2v) is 19.0. The maximum absolute atomic E-state index is 13.2.